The average Bonchev–Trinajstić information content (AvgIpc) is 2.94. The van der Waals surface area contributed by atoms with Gasteiger partial charge >= 0.3 is 0 Å². The lowest BCUT2D eigenvalue weighted by atomic mass is 9.88. The molecule has 6 nitrogen and oxygen atoms in total. The highest BCUT2D eigenvalue weighted by Crippen LogP contribution is 2.44. The number of nitrogens with one attached hydrogen (secondary N) is 1. The minimum absolute atomic E-state index is 0.0368. The lowest BCUT2D eigenvalue weighted by molar-refractivity contribution is -0.886. The van der Waals surface area contributed by atoms with Crippen molar-refractivity contribution in [3.05, 3.63) is 68.2 Å². The number of aryl methyl sites for hydroxylation is 1. The van der Waals surface area contributed by atoms with Crippen LogP contribution in [0, 0.1) is 17.0 Å². The van der Waals surface area contributed by atoms with Crippen LogP contribution in [-0.4, -0.2) is 37.0 Å². The number of anilines is 1. The molecule has 0 radical (unpaired) electrons. The van der Waals surface area contributed by atoms with Gasteiger partial charge in [-0.05, 0) is 30.7 Å². The molecule has 0 bridgehead atoms. The van der Waals surface area contributed by atoms with Gasteiger partial charge in [-0.25, -0.2) is 0 Å². The number of nitro benzene ring substituents is 1. The van der Waals surface area contributed by atoms with Crippen molar-refractivity contribution < 1.29 is 14.6 Å². The Morgan fingerprint density at radius 1 is 1.30 bits per heavy atom. The number of benzene rings is 2. The standard InChI is InChI=1S/C20H20ClN3O3/c1-12-3-6-17-14(9-12)15-11-22(2)8-7-18(15)23(17)20(25)13-4-5-16(21)19(10-13)24(26)27/h3-6,9-10,15,18H,7-8,11H2,1-2H3/p+1/t15-,18+/m1/s1. The van der Waals surface area contributed by atoms with Gasteiger partial charge in [-0.2, -0.15) is 0 Å². The van der Waals surface area contributed by atoms with Crippen LogP contribution in [0.25, 0.3) is 0 Å². The van der Waals surface area contributed by atoms with E-state index in [1.165, 1.54) is 28.2 Å². The quantitative estimate of drug-likeness (QED) is 0.637. The third kappa shape index (κ3) is 2.99. The molecule has 27 heavy (non-hydrogen) atoms. The zero-order valence-corrected chi connectivity index (χ0v) is 16.0. The molecule has 0 aromatic heterocycles. The van der Waals surface area contributed by atoms with E-state index in [1.807, 2.05) is 17.0 Å². The number of hydrogen-bond donors (Lipinski definition) is 1. The minimum atomic E-state index is -0.553. The molecular formula is C20H21ClN3O3+. The van der Waals surface area contributed by atoms with Crippen molar-refractivity contribution in [3.8, 4) is 0 Å². The molecule has 7 heteroatoms. The molecule has 140 valence electrons. The third-order valence-corrected chi connectivity index (χ3v) is 6.00. The van der Waals surface area contributed by atoms with Crippen LogP contribution in [0.2, 0.25) is 5.02 Å². The summed E-state index contributed by atoms with van der Waals surface area (Å²) in [7, 11) is 2.18. The first-order valence-corrected chi connectivity index (χ1v) is 9.44. The van der Waals surface area contributed by atoms with Gasteiger partial charge in [-0.3, -0.25) is 14.9 Å². The molecule has 4 rings (SSSR count). The lowest BCUT2D eigenvalue weighted by Gasteiger charge is -2.34. The number of halogens is 1. The monoisotopic (exact) mass is 386 g/mol. The minimum Gasteiger partial charge on any atom is -0.337 e. The van der Waals surface area contributed by atoms with Crippen LogP contribution in [0.5, 0.6) is 0 Å². The topological polar surface area (TPSA) is 67.9 Å². The number of likely N-dealkylation sites (N-methyl/N-ethyl adjacent to an activating group) is 1. The number of nitro groups is 1. The number of fused-ring (bicyclic) bond motifs is 3. The molecule has 2 heterocycles. The van der Waals surface area contributed by atoms with Gasteiger partial charge < -0.3 is 9.80 Å². The molecule has 2 aliphatic heterocycles. The second-order valence-corrected chi connectivity index (χ2v) is 7.94. The summed E-state index contributed by atoms with van der Waals surface area (Å²) in [6, 6.07) is 10.6. The number of amides is 1. The Balaban J connectivity index is 1.78. The van der Waals surface area contributed by atoms with E-state index in [2.05, 4.69) is 20.0 Å². The van der Waals surface area contributed by atoms with Crippen molar-refractivity contribution in [1.82, 2.24) is 0 Å². The first-order chi connectivity index (χ1) is 12.9. The SMILES string of the molecule is Cc1ccc2c(c1)[C@H]1C[NH+](C)CC[C@@H]1N2C(=O)c1ccc(Cl)c([N+](=O)[O-])c1. The number of piperidine rings is 1. The second kappa shape index (κ2) is 6.62. The predicted molar refractivity (Wildman–Crippen MR) is 104 cm³/mol. The van der Waals surface area contributed by atoms with Gasteiger partial charge in [-0.15, -0.1) is 0 Å². The Kier molecular flexibility index (Phi) is 4.40. The van der Waals surface area contributed by atoms with Crippen LogP contribution >= 0.6 is 11.6 Å². The summed E-state index contributed by atoms with van der Waals surface area (Å²) in [5, 5.41) is 11.2. The molecule has 0 spiro atoms. The zero-order valence-electron chi connectivity index (χ0n) is 15.2. The number of rotatable bonds is 2. The van der Waals surface area contributed by atoms with Crippen molar-refractivity contribution in [2.45, 2.75) is 25.3 Å². The van der Waals surface area contributed by atoms with Crippen LogP contribution in [0.4, 0.5) is 11.4 Å². The van der Waals surface area contributed by atoms with E-state index in [9.17, 15) is 14.9 Å². The van der Waals surface area contributed by atoms with Crippen molar-refractivity contribution in [2.24, 2.45) is 0 Å². The third-order valence-electron chi connectivity index (χ3n) is 5.68. The molecule has 1 N–H and O–H groups in total. The first kappa shape index (κ1) is 17.9. The molecule has 1 saturated heterocycles. The van der Waals surface area contributed by atoms with E-state index in [0.717, 1.165) is 25.2 Å². The first-order valence-electron chi connectivity index (χ1n) is 9.06. The Hall–Kier alpha value is -2.44. The van der Waals surface area contributed by atoms with Crippen molar-refractivity contribution >= 4 is 28.9 Å². The normalized spacial score (nSPS) is 23.7. The van der Waals surface area contributed by atoms with Gasteiger partial charge in [0.05, 0.1) is 37.0 Å². The fraction of sp³-hybridized carbons (Fsp3) is 0.350. The number of likely N-dealkylation sites (tertiary alicyclic amines) is 1. The Bertz CT molecular complexity index is 946. The van der Waals surface area contributed by atoms with Crippen LogP contribution in [-0.2, 0) is 0 Å². The molecule has 0 saturated carbocycles. The van der Waals surface area contributed by atoms with Gasteiger partial charge in [0, 0.05) is 23.7 Å². The summed E-state index contributed by atoms with van der Waals surface area (Å²) in [6.45, 7) is 4.03. The molecule has 0 aliphatic carbocycles. The number of quaternary nitrogens is 1. The van der Waals surface area contributed by atoms with E-state index in [-0.39, 0.29) is 22.7 Å². The van der Waals surface area contributed by atoms with Crippen LogP contribution in [0.15, 0.2) is 36.4 Å². The molecule has 2 aliphatic rings. The van der Waals surface area contributed by atoms with Gasteiger partial charge in [0.15, 0.2) is 0 Å². The molecule has 1 unspecified atom stereocenters. The average molecular weight is 387 g/mol. The van der Waals surface area contributed by atoms with Crippen LogP contribution < -0.4 is 9.80 Å². The second-order valence-electron chi connectivity index (χ2n) is 7.53. The van der Waals surface area contributed by atoms with E-state index in [4.69, 9.17) is 11.6 Å². The fourth-order valence-corrected chi connectivity index (χ4v) is 4.58. The lowest BCUT2D eigenvalue weighted by Crippen LogP contribution is -3.11. The Morgan fingerprint density at radius 2 is 2.07 bits per heavy atom. The van der Waals surface area contributed by atoms with Crippen molar-refractivity contribution in [3.63, 3.8) is 0 Å². The number of nitrogens with zero attached hydrogens (tertiary/aromatic N) is 2. The highest BCUT2D eigenvalue weighted by molar-refractivity contribution is 6.32. The maximum absolute atomic E-state index is 13.4. The largest absolute Gasteiger partial charge is 0.337 e. The van der Waals surface area contributed by atoms with E-state index >= 15 is 0 Å². The van der Waals surface area contributed by atoms with E-state index in [1.54, 1.807) is 6.07 Å². The smallest absolute Gasteiger partial charge is 0.288 e. The van der Waals surface area contributed by atoms with Gasteiger partial charge in [-0.1, -0.05) is 29.3 Å². The zero-order chi connectivity index (χ0) is 19.3. The molecule has 2 aromatic rings. The van der Waals surface area contributed by atoms with E-state index < -0.39 is 4.92 Å². The Morgan fingerprint density at radius 3 is 2.81 bits per heavy atom. The van der Waals surface area contributed by atoms with Gasteiger partial charge in [0.1, 0.15) is 5.02 Å². The maximum Gasteiger partial charge on any atom is 0.288 e. The molecule has 1 fully saturated rings. The summed E-state index contributed by atoms with van der Waals surface area (Å²) in [5.74, 6) is 0.0896. The molecule has 2 aromatic carbocycles. The summed E-state index contributed by atoms with van der Waals surface area (Å²) in [6.07, 6.45) is 0.908. The van der Waals surface area contributed by atoms with Crippen molar-refractivity contribution in [1.29, 1.82) is 0 Å². The predicted octanol–water partition coefficient (Wildman–Crippen LogP) is 2.59. The highest BCUT2D eigenvalue weighted by Gasteiger charge is 2.46. The van der Waals surface area contributed by atoms with Crippen LogP contribution in [0.1, 0.15) is 33.8 Å². The van der Waals surface area contributed by atoms with Gasteiger partial charge in [0.2, 0.25) is 0 Å². The van der Waals surface area contributed by atoms with E-state index in [0.29, 0.717) is 11.5 Å². The molecule has 3 atom stereocenters. The summed E-state index contributed by atoms with van der Waals surface area (Å²) in [4.78, 5) is 27.3. The number of hydrogen-bond acceptors (Lipinski definition) is 3. The summed E-state index contributed by atoms with van der Waals surface area (Å²) >= 11 is 5.91. The van der Waals surface area contributed by atoms with Crippen LogP contribution in [0.3, 0.4) is 0 Å². The summed E-state index contributed by atoms with van der Waals surface area (Å²) < 4.78 is 0. The Labute approximate surface area is 162 Å². The number of carbonyl (C=O) groups is 1. The number of carbonyl (C=O) groups excluding carboxylic acids is 1. The molecule has 1 amide bonds. The fourth-order valence-electron chi connectivity index (χ4n) is 4.39. The maximum atomic E-state index is 13.4. The van der Waals surface area contributed by atoms with Crippen molar-refractivity contribution in [2.75, 3.05) is 25.0 Å². The molecular weight excluding hydrogens is 366 g/mol. The van der Waals surface area contributed by atoms with Gasteiger partial charge in [0.25, 0.3) is 11.6 Å². The summed E-state index contributed by atoms with van der Waals surface area (Å²) in [5.41, 5.74) is 3.36. The highest BCUT2D eigenvalue weighted by atomic mass is 35.5.